The number of aryl methyl sites for hydroxylation is 1. The van der Waals surface area contributed by atoms with Crippen LogP contribution in [-0.4, -0.2) is 32.6 Å². The van der Waals surface area contributed by atoms with Crippen molar-refractivity contribution in [3.8, 4) is 0 Å². The van der Waals surface area contributed by atoms with E-state index in [4.69, 9.17) is 4.52 Å². The zero-order chi connectivity index (χ0) is 15.2. The van der Waals surface area contributed by atoms with Crippen LogP contribution < -0.4 is 10.6 Å². The molecule has 0 aliphatic carbocycles. The molecule has 0 atom stereocenters. The van der Waals surface area contributed by atoms with E-state index < -0.39 is 0 Å². The molecule has 114 valence electrons. The largest absolute Gasteiger partial charge is 0.338 e. The number of hydrogen-bond donors (Lipinski definition) is 2. The summed E-state index contributed by atoms with van der Waals surface area (Å²) in [4.78, 5) is 11.8. The van der Waals surface area contributed by atoms with Crippen LogP contribution in [0.1, 0.15) is 25.2 Å². The zero-order valence-corrected chi connectivity index (χ0v) is 12.5. The topological polar surface area (TPSA) is 97.9 Å². The van der Waals surface area contributed by atoms with Crippen LogP contribution in [0.3, 0.4) is 0 Å². The highest BCUT2D eigenvalue weighted by Gasteiger charge is 2.09. The number of aromatic nitrogens is 4. The summed E-state index contributed by atoms with van der Waals surface area (Å²) >= 11 is 0. The monoisotopic (exact) mass is 292 g/mol. The Balaban J connectivity index is 1.80. The van der Waals surface area contributed by atoms with Gasteiger partial charge in [-0.05, 0) is 19.4 Å². The minimum Gasteiger partial charge on any atom is -0.338 e. The summed E-state index contributed by atoms with van der Waals surface area (Å²) in [5, 5.41) is 17.5. The Bertz CT molecular complexity index is 589. The average Bonchev–Trinajstić information content (AvgIpc) is 2.98. The fourth-order valence-corrected chi connectivity index (χ4v) is 1.73. The second kappa shape index (κ2) is 6.98. The van der Waals surface area contributed by atoms with Crippen molar-refractivity contribution in [2.45, 2.75) is 33.9 Å². The maximum Gasteiger partial charge on any atom is 0.248 e. The molecule has 0 saturated carbocycles. The van der Waals surface area contributed by atoms with Crippen molar-refractivity contribution < 1.29 is 9.32 Å². The second-order valence-electron chi connectivity index (χ2n) is 5.31. The third kappa shape index (κ3) is 4.99. The Morgan fingerprint density at radius 1 is 1.48 bits per heavy atom. The fourth-order valence-electron chi connectivity index (χ4n) is 1.73. The summed E-state index contributed by atoms with van der Waals surface area (Å²) in [7, 11) is 0. The highest BCUT2D eigenvalue weighted by Crippen LogP contribution is 2.08. The van der Waals surface area contributed by atoms with Gasteiger partial charge in [0.1, 0.15) is 6.54 Å². The lowest BCUT2D eigenvalue weighted by Crippen LogP contribution is -2.19. The van der Waals surface area contributed by atoms with Crippen LogP contribution in [0.25, 0.3) is 0 Å². The molecule has 1 amide bonds. The summed E-state index contributed by atoms with van der Waals surface area (Å²) in [6.45, 7) is 7.70. The number of hydrogen-bond acceptors (Lipinski definition) is 6. The molecule has 0 spiro atoms. The van der Waals surface area contributed by atoms with Crippen LogP contribution in [0.4, 0.5) is 5.88 Å². The summed E-state index contributed by atoms with van der Waals surface area (Å²) in [5.74, 6) is 0.672. The average molecular weight is 292 g/mol. The first-order valence-corrected chi connectivity index (χ1v) is 6.86. The maximum atomic E-state index is 11.8. The van der Waals surface area contributed by atoms with E-state index in [2.05, 4.69) is 39.9 Å². The molecule has 2 N–H and O–H groups in total. The molecule has 0 aliphatic heterocycles. The third-order valence-electron chi connectivity index (χ3n) is 2.64. The van der Waals surface area contributed by atoms with E-state index >= 15 is 0 Å². The first-order valence-electron chi connectivity index (χ1n) is 6.86. The van der Waals surface area contributed by atoms with Crippen molar-refractivity contribution in [2.75, 3.05) is 11.9 Å². The standard InChI is InChI=1S/C13H20N6O2/c1-9(2)5-14-6-11-7-19(18-16-11)8-12(20)15-13-4-10(3)17-21-13/h4,7,9,14H,5-6,8H2,1-3H3,(H,15,20). The lowest BCUT2D eigenvalue weighted by atomic mass is 10.2. The lowest BCUT2D eigenvalue weighted by Gasteiger charge is -2.04. The molecule has 8 nitrogen and oxygen atoms in total. The van der Waals surface area contributed by atoms with Crippen LogP contribution >= 0.6 is 0 Å². The molecule has 21 heavy (non-hydrogen) atoms. The van der Waals surface area contributed by atoms with Crippen LogP contribution in [0.5, 0.6) is 0 Å². The van der Waals surface area contributed by atoms with E-state index in [-0.39, 0.29) is 12.5 Å². The SMILES string of the molecule is Cc1cc(NC(=O)Cn2cc(CNCC(C)C)nn2)on1. The molecule has 0 unspecified atom stereocenters. The van der Waals surface area contributed by atoms with Gasteiger partial charge in [-0.3, -0.25) is 10.1 Å². The molecule has 2 heterocycles. The predicted molar refractivity (Wildman–Crippen MR) is 76.4 cm³/mol. The fraction of sp³-hybridized carbons (Fsp3) is 0.538. The van der Waals surface area contributed by atoms with Crippen molar-refractivity contribution >= 4 is 11.8 Å². The van der Waals surface area contributed by atoms with Gasteiger partial charge in [-0.25, -0.2) is 4.68 Å². The van der Waals surface area contributed by atoms with Gasteiger partial charge < -0.3 is 9.84 Å². The molecule has 2 aromatic rings. The maximum absolute atomic E-state index is 11.8. The molecule has 8 heteroatoms. The first-order chi connectivity index (χ1) is 10.0. The number of nitrogens with one attached hydrogen (secondary N) is 2. The van der Waals surface area contributed by atoms with Gasteiger partial charge in [0.25, 0.3) is 0 Å². The quantitative estimate of drug-likeness (QED) is 0.788. The van der Waals surface area contributed by atoms with Crippen molar-refractivity contribution in [3.63, 3.8) is 0 Å². The molecule has 2 rings (SSSR count). The van der Waals surface area contributed by atoms with Gasteiger partial charge in [0.05, 0.1) is 17.6 Å². The van der Waals surface area contributed by atoms with Crippen molar-refractivity contribution in [1.82, 2.24) is 25.5 Å². The number of rotatable bonds is 7. The summed E-state index contributed by atoms with van der Waals surface area (Å²) in [6, 6.07) is 1.65. The first kappa shape index (κ1) is 15.2. The Hall–Kier alpha value is -2.22. The smallest absolute Gasteiger partial charge is 0.248 e. The second-order valence-corrected chi connectivity index (χ2v) is 5.31. The van der Waals surface area contributed by atoms with Gasteiger partial charge in [0.15, 0.2) is 0 Å². The number of carbonyl (C=O) groups excluding carboxylic acids is 1. The van der Waals surface area contributed by atoms with E-state index in [0.717, 1.165) is 12.2 Å². The van der Waals surface area contributed by atoms with Crippen LogP contribution in [-0.2, 0) is 17.9 Å². The molecule has 2 aromatic heterocycles. The van der Waals surface area contributed by atoms with E-state index in [0.29, 0.717) is 24.0 Å². The molecule has 0 aromatic carbocycles. The molecule has 0 bridgehead atoms. The lowest BCUT2D eigenvalue weighted by molar-refractivity contribution is -0.117. The van der Waals surface area contributed by atoms with E-state index in [1.54, 1.807) is 19.2 Å². The van der Waals surface area contributed by atoms with E-state index in [1.165, 1.54) is 4.68 Å². The van der Waals surface area contributed by atoms with Crippen molar-refractivity contribution in [2.24, 2.45) is 5.92 Å². The molecular weight excluding hydrogens is 272 g/mol. The summed E-state index contributed by atoms with van der Waals surface area (Å²) < 4.78 is 6.41. The van der Waals surface area contributed by atoms with E-state index in [1.807, 2.05) is 0 Å². The molecule has 0 fully saturated rings. The Morgan fingerprint density at radius 2 is 2.29 bits per heavy atom. The van der Waals surface area contributed by atoms with Gasteiger partial charge in [0.2, 0.25) is 11.8 Å². The van der Waals surface area contributed by atoms with Gasteiger partial charge >= 0.3 is 0 Å². The van der Waals surface area contributed by atoms with Gasteiger partial charge in [-0.15, -0.1) is 5.10 Å². The minimum atomic E-state index is -0.238. The van der Waals surface area contributed by atoms with E-state index in [9.17, 15) is 4.79 Å². The highest BCUT2D eigenvalue weighted by atomic mass is 16.5. The molecule has 0 aliphatic rings. The Kier molecular flexibility index (Phi) is 5.04. The van der Waals surface area contributed by atoms with Gasteiger partial charge in [-0.2, -0.15) is 0 Å². The minimum absolute atomic E-state index is 0.0803. The number of anilines is 1. The summed E-state index contributed by atoms with van der Waals surface area (Å²) in [6.07, 6.45) is 1.75. The zero-order valence-electron chi connectivity index (χ0n) is 12.5. The number of carbonyl (C=O) groups is 1. The highest BCUT2D eigenvalue weighted by molar-refractivity contribution is 5.89. The molecular formula is C13H20N6O2. The summed E-state index contributed by atoms with van der Waals surface area (Å²) in [5.41, 5.74) is 1.52. The molecule has 0 radical (unpaired) electrons. The van der Waals surface area contributed by atoms with Gasteiger partial charge in [0, 0.05) is 12.6 Å². The van der Waals surface area contributed by atoms with Crippen LogP contribution in [0.2, 0.25) is 0 Å². The van der Waals surface area contributed by atoms with Gasteiger partial charge in [-0.1, -0.05) is 24.2 Å². The van der Waals surface area contributed by atoms with Crippen molar-refractivity contribution in [3.05, 3.63) is 23.7 Å². The van der Waals surface area contributed by atoms with Crippen LogP contribution in [0, 0.1) is 12.8 Å². The van der Waals surface area contributed by atoms with Crippen LogP contribution in [0.15, 0.2) is 16.8 Å². The normalized spacial score (nSPS) is 11.0. The van der Waals surface area contributed by atoms with Crippen molar-refractivity contribution in [1.29, 1.82) is 0 Å². The Morgan fingerprint density at radius 3 is 2.95 bits per heavy atom. The number of nitrogens with zero attached hydrogens (tertiary/aromatic N) is 4. The Labute approximate surface area is 122 Å². The number of amides is 1. The predicted octanol–water partition coefficient (Wildman–Crippen LogP) is 0.959. The third-order valence-corrected chi connectivity index (χ3v) is 2.64. The molecule has 0 saturated heterocycles.